The lowest BCUT2D eigenvalue weighted by molar-refractivity contribution is -0.158. The van der Waals surface area contributed by atoms with Crippen LogP contribution < -0.4 is 15.2 Å². The van der Waals surface area contributed by atoms with Crippen LogP contribution in [0, 0.1) is 11.8 Å². The molecule has 0 saturated heterocycles. The standard InChI is InChI=1S/C29H45NO8/c1-7-10-11-26(31)36-21(6)18-35-29(34)23(30)16-22-12-13-24(37-27(32)14-19(4)8-2)25(17-22)38-28(33)15-20(5)9-3/h12-13,17,19-21,23H,7-11,14-16,18,30H2,1-6H3/t19?,20?,21-,23-/m0/s1. The fourth-order valence-corrected chi connectivity index (χ4v) is 3.31. The molecule has 0 amide bonds. The summed E-state index contributed by atoms with van der Waals surface area (Å²) in [5, 5.41) is 0. The van der Waals surface area contributed by atoms with Crippen LogP contribution in [0.15, 0.2) is 18.2 Å². The number of rotatable bonds is 17. The lowest BCUT2D eigenvalue weighted by Crippen LogP contribution is -2.36. The second-order valence-electron chi connectivity index (χ2n) is 10.0. The first kappa shape index (κ1) is 33.1. The Hall–Kier alpha value is -2.94. The Bertz CT molecular complexity index is 916. The summed E-state index contributed by atoms with van der Waals surface area (Å²) in [5.41, 5.74) is 6.65. The van der Waals surface area contributed by atoms with E-state index in [1.807, 2.05) is 34.6 Å². The number of carbonyl (C=O) groups excluding carboxylic acids is 4. The average Bonchev–Trinajstić information content (AvgIpc) is 2.86. The maximum Gasteiger partial charge on any atom is 0.323 e. The summed E-state index contributed by atoms with van der Waals surface area (Å²) < 4.78 is 21.5. The van der Waals surface area contributed by atoms with Gasteiger partial charge in [-0.1, -0.05) is 59.9 Å². The van der Waals surface area contributed by atoms with Crippen LogP contribution in [0.2, 0.25) is 0 Å². The first-order valence-corrected chi connectivity index (χ1v) is 13.6. The third-order valence-corrected chi connectivity index (χ3v) is 6.17. The van der Waals surface area contributed by atoms with Gasteiger partial charge in [-0.3, -0.25) is 19.2 Å². The van der Waals surface area contributed by atoms with E-state index >= 15 is 0 Å². The van der Waals surface area contributed by atoms with Crippen LogP contribution in [-0.2, 0) is 35.1 Å². The van der Waals surface area contributed by atoms with Gasteiger partial charge in [0.15, 0.2) is 11.5 Å². The van der Waals surface area contributed by atoms with Crippen molar-refractivity contribution < 1.29 is 38.1 Å². The summed E-state index contributed by atoms with van der Waals surface area (Å²) in [6, 6.07) is 3.74. The highest BCUT2D eigenvalue weighted by molar-refractivity contribution is 5.77. The molecule has 0 saturated carbocycles. The molecule has 0 radical (unpaired) electrons. The van der Waals surface area contributed by atoms with E-state index < -0.39 is 30.1 Å². The van der Waals surface area contributed by atoms with Gasteiger partial charge in [0, 0.05) is 19.3 Å². The van der Waals surface area contributed by atoms with Crippen LogP contribution in [0.5, 0.6) is 11.5 Å². The van der Waals surface area contributed by atoms with E-state index in [1.54, 1.807) is 19.1 Å². The van der Waals surface area contributed by atoms with Crippen molar-refractivity contribution in [1.82, 2.24) is 0 Å². The fourth-order valence-electron chi connectivity index (χ4n) is 3.31. The van der Waals surface area contributed by atoms with Crippen molar-refractivity contribution in [3.05, 3.63) is 23.8 Å². The second kappa shape index (κ2) is 17.5. The SMILES string of the molecule is CCCCC(=O)O[C@@H](C)COC(=O)[C@@H](N)Cc1ccc(OC(=O)CC(C)CC)c(OC(=O)CC(C)CC)c1. The van der Waals surface area contributed by atoms with Crippen molar-refractivity contribution >= 4 is 23.9 Å². The third-order valence-electron chi connectivity index (χ3n) is 6.17. The Balaban J connectivity index is 2.87. The molecule has 4 atom stereocenters. The van der Waals surface area contributed by atoms with E-state index in [0.717, 1.165) is 25.7 Å². The Kier molecular flexibility index (Phi) is 15.3. The number of benzene rings is 1. The number of esters is 4. The van der Waals surface area contributed by atoms with Crippen molar-refractivity contribution in [3.8, 4) is 11.5 Å². The molecule has 2 unspecified atom stereocenters. The van der Waals surface area contributed by atoms with Gasteiger partial charge in [0.05, 0.1) is 0 Å². The highest BCUT2D eigenvalue weighted by Crippen LogP contribution is 2.30. The molecular formula is C29H45NO8. The smallest absolute Gasteiger partial charge is 0.323 e. The summed E-state index contributed by atoms with van der Waals surface area (Å²) in [7, 11) is 0. The van der Waals surface area contributed by atoms with Gasteiger partial charge in [-0.05, 0) is 49.3 Å². The maximum absolute atomic E-state index is 12.5. The number of hydrogen-bond acceptors (Lipinski definition) is 9. The highest BCUT2D eigenvalue weighted by atomic mass is 16.6. The van der Waals surface area contributed by atoms with Crippen molar-refractivity contribution in [1.29, 1.82) is 0 Å². The Labute approximate surface area is 226 Å². The van der Waals surface area contributed by atoms with E-state index in [9.17, 15) is 19.2 Å². The molecule has 0 bridgehead atoms. The third kappa shape index (κ3) is 13.0. The molecule has 214 valence electrons. The number of nitrogens with two attached hydrogens (primary N) is 1. The zero-order valence-corrected chi connectivity index (χ0v) is 23.7. The molecule has 1 rings (SSSR count). The Morgan fingerprint density at radius 3 is 1.97 bits per heavy atom. The van der Waals surface area contributed by atoms with Gasteiger partial charge >= 0.3 is 23.9 Å². The maximum atomic E-state index is 12.5. The summed E-state index contributed by atoms with van der Waals surface area (Å²) >= 11 is 0. The van der Waals surface area contributed by atoms with Crippen LogP contribution >= 0.6 is 0 Å². The minimum atomic E-state index is -1.000. The molecule has 0 aliphatic rings. The van der Waals surface area contributed by atoms with Crippen LogP contribution in [0.4, 0.5) is 0 Å². The monoisotopic (exact) mass is 535 g/mol. The quantitative estimate of drug-likeness (QED) is 0.218. The molecule has 38 heavy (non-hydrogen) atoms. The molecule has 0 aromatic heterocycles. The Morgan fingerprint density at radius 2 is 1.42 bits per heavy atom. The van der Waals surface area contributed by atoms with Gasteiger partial charge in [-0.2, -0.15) is 0 Å². The predicted molar refractivity (Wildman–Crippen MR) is 144 cm³/mol. The van der Waals surface area contributed by atoms with Crippen molar-refractivity contribution in [2.75, 3.05) is 6.61 Å². The largest absolute Gasteiger partial charge is 0.461 e. The van der Waals surface area contributed by atoms with Crippen molar-refractivity contribution in [3.63, 3.8) is 0 Å². The first-order chi connectivity index (χ1) is 18.0. The summed E-state index contributed by atoms with van der Waals surface area (Å²) in [6.07, 6.45) is 3.56. The summed E-state index contributed by atoms with van der Waals surface area (Å²) in [5.74, 6) is -1.32. The number of ether oxygens (including phenoxy) is 4. The van der Waals surface area contributed by atoms with Gasteiger partial charge in [0.25, 0.3) is 0 Å². The molecule has 0 fully saturated rings. The van der Waals surface area contributed by atoms with Gasteiger partial charge in [-0.15, -0.1) is 0 Å². The first-order valence-electron chi connectivity index (χ1n) is 13.6. The second-order valence-corrected chi connectivity index (χ2v) is 10.0. The minimum Gasteiger partial charge on any atom is -0.461 e. The minimum absolute atomic E-state index is 0.0977. The molecule has 0 spiro atoms. The lowest BCUT2D eigenvalue weighted by atomic mass is 10.0. The van der Waals surface area contributed by atoms with Crippen LogP contribution in [-0.4, -0.2) is 42.6 Å². The van der Waals surface area contributed by atoms with Crippen molar-refractivity contribution in [2.45, 2.75) is 105 Å². The molecule has 0 aliphatic heterocycles. The number of hydrogen-bond donors (Lipinski definition) is 1. The Morgan fingerprint density at radius 1 is 0.842 bits per heavy atom. The summed E-state index contributed by atoms with van der Waals surface area (Å²) in [6.45, 7) is 11.4. The summed E-state index contributed by atoms with van der Waals surface area (Å²) in [4.78, 5) is 49.0. The van der Waals surface area contributed by atoms with Crippen LogP contribution in [0.25, 0.3) is 0 Å². The van der Waals surface area contributed by atoms with E-state index in [-0.39, 0.29) is 55.2 Å². The molecule has 1 aromatic carbocycles. The zero-order valence-electron chi connectivity index (χ0n) is 23.7. The van der Waals surface area contributed by atoms with Crippen molar-refractivity contribution in [2.24, 2.45) is 17.6 Å². The van der Waals surface area contributed by atoms with E-state index in [2.05, 4.69) is 0 Å². The average molecular weight is 536 g/mol. The molecule has 0 heterocycles. The van der Waals surface area contributed by atoms with Crippen LogP contribution in [0.3, 0.4) is 0 Å². The molecule has 9 heteroatoms. The molecular weight excluding hydrogens is 490 g/mol. The fraction of sp³-hybridized carbons (Fsp3) is 0.655. The zero-order chi connectivity index (χ0) is 28.7. The molecule has 1 aromatic rings. The van der Waals surface area contributed by atoms with E-state index in [4.69, 9.17) is 24.7 Å². The van der Waals surface area contributed by atoms with Crippen LogP contribution in [0.1, 0.15) is 92.1 Å². The molecule has 2 N–H and O–H groups in total. The lowest BCUT2D eigenvalue weighted by Gasteiger charge is -2.17. The van der Waals surface area contributed by atoms with Gasteiger partial charge in [0.1, 0.15) is 18.8 Å². The molecule has 9 nitrogen and oxygen atoms in total. The predicted octanol–water partition coefficient (Wildman–Crippen LogP) is 4.90. The number of carbonyl (C=O) groups is 4. The number of unbranched alkanes of at least 4 members (excludes halogenated alkanes) is 1. The van der Waals surface area contributed by atoms with Gasteiger partial charge in [-0.25, -0.2) is 0 Å². The van der Waals surface area contributed by atoms with Gasteiger partial charge in [0.2, 0.25) is 0 Å². The topological polar surface area (TPSA) is 131 Å². The molecule has 0 aliphatic carbocycles. The normalized spacial score (nSPS) is 14.1. The van der Waals surface area contributed by atoms with E-state index in [1.165, 1.54) is 6.07 Å². The van der Waals surface area contributed by atoms with E-state index in [0.29, 0.717) is 12.0 Å². The highest BCUT2D eigenvalue weighted by Gasteiger charge is 2.21. The van der Waals surface area contributed by atoms with Gasteiger partial charge < -0.3 is 24.7 Å².